The number of aliphatic hydroxyl groups is 1. The predicted molar refractivity (Wildman–Crippen MR) is 75.3 cm³/mol. The first kappa shape index (κ1) is 14.7. The van der Waals surface area contributed by atoms with Gasteiger partial charge in [-0.3, -0.25) is 0 Å². The molecule has 0 aromatic heterocycles. The summed E-state index contributed by atoms with van der Waals surface area (Å²) in [6.45, 7) is 14.8. The fraction of sp³-hybridized carbons (Fsp3) is 0.786. The quantitative estimate of drug-likeness (QED) is 0.480. The van der Waals surface area contributed by atoms with Crippen LogP contribution < -0.4 is 0 Å². The fourth-order valence-electron chi connectivity index (χ4n) is 2.34. The number of ether oxygens (including phenoxy) is 1. The van der Waals surface area contributed by atoms with Gasteiger partial charge in [-0.15, -0.1) is 0 Å². The first-order valence-corrected chi connectivity index (χ1v) is 9.67. The molecule has 1 saturated carbocycles. The Morgan fingerprint density at radius 2 is 2.00 bits per heavy atom. The van der Waals surface area contributed by atoms with Crippen LogP contribution in [0.5, 0.6) is 0 Å². The Hall–Kier alpha value is -0.653. The van der Waals surface area contributed by atoms with E-state index in [1.807, 2.05) is 0 Å². The molecule has 1 N–H and O–H groups in total. The average Bonchev–Trinajstić information content (AvgIpc) is 2.46. The van der Waals surface area contributed by atoms with Gasteiger partial charge < -0.3 is 14.3 Å². The monoisotopic (exact) mass is 284 g/mol. The predicted octanol–water partition coefficient (Wildman–Crippen LogP) is 2.38. The minimum Gasteiger partial charge on any atom is -0.455 e. The van der Waals surface area contributed by atoms with E-state index >= 15 is 0 Å². The summed E-state index contributed by atoms with van der Waals surface area (Å²) in [6, 6.07) is 0. The number of rotatable bonds is 2. The Morgan fingerprint density at radius 3 is 2.53 bits per heavy atom. The summed E-state index contributed by atoms with van der Waals surface area (Å²) in [6.07, 6.45) is -0.0764. The van der Waals surface area contributed by atoms with E-state index in [-0.39, 0.29) is 23.7 Å². The molecular formula is C14H24O4Si. The van der Waals surface area contributed by atoms with Crippen molar-refractivity contribution in [2.45, 2.75) is 69.6 Å². The van der Waals surface area contributed by atoms with Crippen LogP contribution in [0, 0.1) is 0 Å². The van der Waals surface area contributed by atoms with Crippen molar-refractivity contribution >= 4 is 14.3 Å². The van der Waals surface area contributed by atoms with E-state index < -0.39 is 19.9 Å². The van der Waals surface area contributed by atoms with Gasteiger partial charge in [0.15, 0.2) is 13.9 Å². The van der Waals surface area contributed by atoms with Crippen LogP contribution in [0.15, 0.2) is 12.2 Å². The van der Waals surface area contributed by atoms with Gasteiger partial charge >= 0.3 is 5.97 Å². The molecule has 0 spiro atoms. The lowest BCUT2D eigenvalue weighted by atomic mass is 9.81. The van der Waals surface area contributed by atoms with Crippen LogP contribution in [0.2, 0.25) is 18.1 Å². The van der Waals surface area contributed by atoms with Crippen molar-refractivity contribution in [1.82, 2.24) is 0 Å². The number of esters is 1. The molecule has 19 heavy (non-hydrogen) atoms. The Balaban J connectivity index is 2.19. The van der Waals surface area contributed by atoms with E-state index in [9.17, 15) is 9.90 Å². The summed E-state index contributed by atoms with van der Waals surface area (Å²) < 4.78 is 11.5. The van der Waals surface area contributed by atoms with Gasteiger partial charge in [0.1, 0.15) is 6.10 Å². The third kappa shape index (κ3) is 2.39. The highest BCUT2D eigenvalue weighted by Gasteiger charge is 2.56. The molecule has 0 unspecified atom stereocenters. The molecule has 0 aromatic carbocycles. The second-order valence-electron chi connectivity index (χ2n) is 7.28. The first-order chi connectivity index (χ1) is 8.46. The Labute approximate surface area is 115 Å². The van der Waals surface area contributed by atoms with Gasteiger partial charge in [-0.25, -0.2) is 4.79 Å². The second kappa shape index (κ2) is 4.17. The molecule has 1 heterocycles. The van der Waals surface area contributed by atoms with E-state index in [1.165, 1.54) is 0 Å². The number of fused-ring (bicyclic) bond motifs is 2. The molecule has 0 aromatic rings. The fourth-order valence-corrected chi connectivity index (χ4v) is 3.64. The normalized spacial score (nSPS) is 35.5. The van der Waals surface area contributed by atoms with Gasteiger partial charge in [0.25, 0.3) is 0 Å². The van der Waals surface area contributed by atoms with Crippen LogP contribution in [0.25, 0.3) is 0 Å². The Kier molecular flexibility index (Phi) is 3.24. The van der Waals surface area contributed by atoms with Gasteiger partial charge in [0.05, 0.1) is 6.10 Å². The van der Waals surface area contributed by atoms with Gasteiger partial charge in [0, 0.05) is 12.8 Å². The zero-order chi connectivity index (χ0) is 14.6. The molecule has 2 rings (SSSR count). The van der Waals surface area contributed by atoms with Crippen molar-refractivity contribution in [3.63, 3.8) is 0 Å². The lowest BCUT2D eigenvalue weighted by Gasteiger charge is -2.42. The summed E-state index contributed by atoms with van der Waals surface area (Å²) in [7, 11) is -1.96. The largest absolute Gasteiger partial charge is 0.455 e. The van der Waals surface area contributed by atoms with Crippen molar-refractivity contribution in [2.75, 3.05) is 0 Å². The minimum absolute atomic E-state index is 0.0806. The summed E-state index contributed by atoms with van der Waals surface area (Å²) in [5, 5.41) is 10.4. The second-order valence-corrected chi connectivity index (χ2v) is 12.0. The van der Waals surface area contributed by atoms with Crippen molar-refractivity contribution in [3.8, 4) is 0 Å². The molecule has 1 saturated heterocycles. The van der Waals surface area contributed by atoms with Gasteiger partial charge in [0.2, 0.25) is 0 Å². The molecule has 2 aliphatic rings. The third-order valence-electron chi connectivity index (χ3n) is 4.75. The molecule has 4 nitrogen and oxygen atoms in total. The lowest BCUT2D eigenvalue weighted by molar-refractivity contribution is -0.154. The van der Waals surface area contributed by atoms with Crippen molar-refractivity contribution in [1.29, 1.82) is 0 Å². The van der Waals surface area contributed by atoms with Crippen LogP contribution in [0.3, 0.4) is 0 Å². The van der Waals surface area contributed by atoms with E-state index in [0.717, 1.165) is 5.57 Å². The maximum absolute atomic E-state index is 11.7. The van der Waals surface area contributed by atoms with Gasteiger partial charge in [-0.2, -0.15) is 0 Å². The van der Waals surface area contributed by atoms with E-state index in [0.29, 0.717) is 6.42 Å². The molecule has 0 radical (unpaired) electrons. The van der Waals surface area contributed by atoms with Crippen LogP contribution in [-0.4, -0.2) is 37.2 Å². The highest BCUT2D eigenvalue weighted by molar-refractivity contribution is 6.74. The molecule has 0 amide bonds. The maximum atomic E-state index is 11.7. The summed E-state index contributed by atoms with van der Waals surface area (Å²) >= 11 is 0. The van der Waals surface area contributed by atoms with Crippen molar-refractivity contribution in [2.24, 2.45) is 0 Å². The van der Waals surface area contributed by atoms with Crippen LogP contribution in [-0.2, 0) is 14.0 Å². The highest BCUT2D eigenvalue weighted by Crippen LogP contribution is 2.45. The standard InChI is InChI=1S/C14H24O4Si/c1-9-10-7-14(16,12(15)17-10)8-11(9)18-19(5,6)13(2,3)4/h10-11,16H,1,7-8H2,2-6H3/t10-,11-,14-/m1/s1. The number of hydrogen-bond donors (Lipinski definition) is 1. The van der Waals surface area contributed by atoms with Gasteiger partial charge in [-0.05, 0) is 23.7 Å². The molecule has 1 aliphatic heterocycles. The van der Waals surface area contributed by atoms with E-state index in [1.54, 1.807) is 0 Å². The summed E-state index contributed by atoms with van der Waals surface area (Å²) in [4.78, 5) is 11.7. The lowest BCUT2D eigenvalue weighted by Crippen LogP contribution is -2.50. The zero-order valence-corrected chi connectivity index (χ0v) is 13.4. The topological polar surface area (TPSA) is 55.8 Å². The van der Waals surface area contributed by atoms with Gasteiger partial charge in [-0.1, -0.05) is 27.4 Å². The summed E-state index contributed by atoms with van der Waals surface area (Å²) in [5.74, 6) is -0.528. The maximum Gasteiger partial charge on any atom is 0.338 e. The average molecular weight is 284 g/mol. The third-order valence-corrected chi connectivity index (χ3v) is 9.23. The van der Waals surface area contributed by atoms with Crippen LogP contribution in [0.4, 0.5) is 0 Å². The zero-order valence-electron chi connectivity index (χ0n) is 12.4. The molecule has 2 fully saturated rings. The Bertz CT molecular complexity index is 424. The van der Waals surface area contributed by atoms with Crippen LogP contribution >= 0.6 is 0 Å². The Morgan fingerprint density at radius 1 is 1.42 bits per heavy atom. The molecule has 108 valence electrons. The SMILES string of the molecule is C=C1[C@H]2C[C@@](O)(C[C@H]1O[Si](C)(C)C(C)(C)C)C(=O)O2. The number of hydrogen-bond acceptors (Lipinski definition) is 4. The van der Waals surface area contributed by atoms with Crippen molar-refractivity contribution in [3.05, 3.63) is 12.2 Å². The first-order valence-electron chi connectivity index (χ1n) is 6.76. The highest BCUT2D eigenvalue weighted by atomic mass is 28.4. The molecule has 5 heteroatoms. The van der Waals surface area contributed by atoms with Crippen LogP contribution in [0.1, 0.15) is 33.6 Å². The number of carbonyl (C=O) groups is 1. The molecular weight excluding hydrogens is 260 g/mol. The molecule has 1 aliphatic carbocycles. The minimum atomic E-state index is -1.96. The van der Waals surface area contributed by atoms with E-state index in [4.69, 9.17) is 9.16 Å². The molecule has 2 bridgehead atoms. The molecule has 3 atom stereocenters. The number of carbonyl (C=O) groups excluding carboxylic acids is 1. The smallest absolute Gasteiger partial charge is 0.338 e. The summed E-state index contributed by atoms with van der Waals surface area (Å²) in [5.41, 5.74) is -0.584. The van der Waals surface area contributed by atoms with Crippen molar-refractivity contribution < 1.29 is 19.1 Å². The van der Waals surface area contributed by atoms with E-state index in [2.05, 4.69) is 40.4 Å².